The van der Waals surface area contributed by atoms with Gasteiger partial charge in [0, 0.05) is 17.8 Å². The van der Waals surface area contributed by atoms with Crippen molar-refractivity contribution >= 4 is 11.7 Å². The molecule has 1 aromatic carbocycles. The first-order valence-electron chi connectivity index (χ1n) is 7.71. The summed E-state index contributed by atoms with van der Waals surface area (Å²) in [6, 6.07) is 8.81. The summed E-state index contributed by atoms with van der Waals surface area (Å²) in [7, 11) is 0. The zero-order valence-corrected chi connectivity index (χ0v) is 13.0. The van der Waals surface area contributed by atoms with E-state index in [1.54, 1.807) is 0 Å². The largest absolute Gasteiger partial charge is 0.322 e. The van der Waals surface area contributed by atoms with E-state index < -0.39 is 0 Å². The maximum atomic E-state index is 12.6. The number of rotatable bonds is 5. The van der Waals surface area contributed by atoms with Crippen LogP contribution < -0.4 is 5.32 Å². The predicted octanol–water partition coefficient (Wildman–Crippen LogP) is 4.29. The van der Waals surface area contributed by atoms with Crippen molar-refractivity contribution in [3.8, 4) is 0 Å². The maximum absolute atomic E-state index is 12.6. The van der Waals surface area contributed by atoms with Crippen LogP contribution in [0, 0.1) is 5.92 Å². The SMILES string of the molecule is CCc1ccccc1NC(=O)N(C1CC1)[C@H](C)C(C)C. The molecule has 1 aliphatic rings. The number of carbonyl (C=O) groups is 1. The van der Waals surface area contributed by atoms with Gasteiger partial charge in [-0.2, -0.15) is 0 Å². The molecule has 3 nitrogen and oxygen atoms in total. The lowest BCUT2D eigenvalue weighted by molar-refractivity contribution is 0.169. The molecule has 0 aromatic heterocycles. The summed E-state index contributed by atoms with van der Waals surface area (Å²) in [5.74, 6) is 0.475. The first kappa shape index (κ1) is 14.9. The number of urea groups is 1. The quantitative estimate of drug-likeness (QED) is 0.853. The molecular weight excluding hydrogens is 248 g/mol. The van der Waals surface area contributed by atoms with Gasteiger partial charge in [0.15, 0.2) is 0 Å². The van der Waals surface area contributed by atoms with Crippen molar-refractivity contribution < 1.29 is 4.79 Å². The van der Waals surface area contributed by atoms with Gasteiger partial charge < -0.3 is 10.2 Å². The van der Waals surface area contributed by atoms with E-state index in [1.807, 2.05) is 23.1 Å². The normalized spacial score (nSPS) is 16.1. The van der Waals surface area contributed by atoms with Crippen molar-refractivity contribution in [1.82, 2.24) is 4.90 Å². The van der Waals surface area contributed by atoms with Crippen molar-refractivity contribution in [3.63, 3.8) is 0 Å². The molecule has 1 aliphatic carbocycles. The second-order valence-electron chi connectivity index (χ2n) is 6.06. The van der Waals surface area contributed by atoms with Crippen LogP contribution in [-0.4, -0.2) is 23.0 Å². The molecule has 0 unspecified atom stereocenters. The van der Waals surface area contributed by atoms with Gasteiger partial charge >= 0.3 is 6.03 Å². The summed E-state index contributed by atoms with van der Waals surface area (Å²) in [5.41, 5.74) is 2.13. The second-order valence-corrected chi connectivity index (χ2v) is 6.06. The number of amides is 2. The van der Waals surface area contributed by atoms with Crippen LogP contribution in [0.4, 0.5) is 10.5 Å². The van der Waals surface area contributed by atoms with Crippen molar-refractivity contribution in [2.75, 3.05) is 5.32 Å². The summed E-state index contributed by atoms with van der Waals surface area (Å²) < 4.78 is 0. The number of anilines is 1. The van der Waals surface area contributed by atoms with Crippen molar-refractivity contribution in [2.45, 2.75) is 59.0 Å². The van der Waals surface area contributed by atoms with Crippen LogP contribution in [0.5, 0.6) is 0 Å². The van der Waals surface area contributed by atoms with E-state index in [-0.39, 0.29) is 12.1 Å². The van der Waals surface area contributed by atoms with Crippen molar-refractivity contribution in [1.29, 1.82) is 0 Å². The highest BCUT2D eigenvalue weighted by atomic mass is 16.2. The molecule has 1 saturated carbocycles. The third-order valence-electron chi connectivity index (χ3n) is 4.22. The van der Waals surface area contributed by atoms with Gasteiger partial charge in [0.2, 0.25) is 0 Å². The van der Waals surface area contributed by atoms with E-state index >= 15 is 0 Å². The summed E-state index contributed by atoms with van der Waals surface area (Å²) in [6.45, 7) is 8.61. The zero-order chi connectivity index (χ0) is 14.7. The van der Waals surface area contributed by atoms with E-state index in [4.69, 9.17) is 0 Å². The minimum Gasteiger partial charge on any atom is -0.319 e. The standard InChI is InChI=1S/C17H26N2O/c1-5-14-8-6-7-9-16(14)18-17(20)19(15-10-11-15)13(4)12(2)3/h6-9,12-13,15H,5,10-11H2,1-4H3,(H,18,20)/t13-/m1/s1. The fourth-order valence-corrected chi connectivity index (χ4v) is 2.49. The molecule has 1 fully saturated rings. The molecule has 1 N–H and O–H groups in total. The molecule has 0 spiro atoms. The van der Waals surface area contributed by atoms with Gasteiger partial charge in [0.05, 0.1) is 0 Å². The Hall–Kier alpha value is -1.51. The fourth-order valence-electron chi connectivity index (χ4n) is 2.49. The van der Waals surface area contributed by atoms with Crippen LogP contribution in [0.3, 0.4) is 0 Å². The Kier molecular flexibility index (Phi) is 4.69. The topological polar surface area (TPSA) is 32.3 Å². The molecule has 0 saturated heterocycles. The number of nitrogens with zero attached hydrogens (tertiary/aromatic N) is 1. The van der Waals surface area contributed by atoms with E-state index in [0.717, 1.165) is 24.9 Å². The Labute approximate surface area is 122 Å². The maximum Gasteiger partial charge on any atom is 0.322 e. The lowest BCUT2D eigenvalue weighted by Crippen LogP contribution is -2.45. The molecular formula is C17H26N2O. The molecule has 0 heterocycles. The Morgan fingerprint density at radius 3 is 2.50 bits per heavy atom. The Bertz CT molecular complexity index is 466. The molecule has 3 heteroatoms. The van der Waals surface area contributed by atoms with Crippen LogP contribution in [0.15, 0.2) is 24.3 Å². The van der Waals surface area contributed by atoms with E-state index in [9.17, 15) is 4.79 Å². The summed E-state index contributed by atoms with van der Waals surface area (Å²) in [6.07, 6.45) is 3.21. The Morgan fingerprint density at radius 2 is 1.95 bits per heavy atom. The molecule has 0 aliphatic heterocycles. The summed E-state index contributed by atoms with van der Waals surface area (Å²) in [5, 5.41) is 3.11. The molecule has 1 aromatic rings. The van der Waals surface area contributed by atoms with E-state index in [2.05, 4.69) is 39.1 Å². The minimum atomic E-state index is 0.0506. The molecule has 0 radical (unpaired) electrons. The van der Waals surface area contributed by atoms with Crippen molar-refractivity contribution in [2.24, 2.45) is 5.92 Å². The van der Waals surface area contributed by atoms with Gasteiger partial charge in [0.1, 0.15) is 0 Å². The first-order valence-corrected chi connectivity index (χ1v) is 7.71. The van der Waals surface area contributed by atoms with Gasteiger partial charge in [-0.3, -0.25) is 0 Å². The minimum absolute atomic E-state index is 0.0506. The smallest absolute Gasteiger partial charge is 0.319 e. The molecule has 2 rings (SSSR count). The van der Waals surface area contributed by atoms with E-state index in [0.29, 0.717) is 12.0 Å². The fraction of sp³-hybridized carbons (Fsp3) is 0.588. The van der Waals surface area contributed by atoms with Crippen molar-refractivity contribution in [3.05, 3.63) is 29.8 Å². The number of aryl methyl sites for hydroxylation is 1. The molecule has 0 bridgehead atoms. The lowest BCUT2D eigenvalue weighted by Gasteiger charge is -2.32. The Balaban J connectivity index is 2.12. The van der Waals surface area contributed by atoms with Gasteiger partial charge in [-0.25, -0.2) is 4.79 Å². The number of nitrogens with one attached hydrogen (secondary N) is 1. The van der Waals surface area contributed by atoms with Gasteiger partial charge in [-0.15, -0.1) is 0 Å². The monoisotopic (exact) mass is 274 g/mol. The Morgan fingerprint density at radius 1 is 1.30 bits per heavy atom. The lowest BCUT2D eigenvalue weighted by atomic mass is 10.0. The molecule has 1 atom stereocenters. The molecule has 2 amide bonds. The van der Waals surface area contributed by atoms with Crippen LogP contribution >= 0.6 is 0 Å². The average molecular weight is 274 g/mol. The van der Waals surface area contributed by atoms with E-state index in [1.165, 1.54) is 5.56 Å². The third-order valence-corrected chi connectivity index (χ3v) is 4.22. The van der Waals surface area contributed by atoms with Gasteiger partial charge in [-0.05, 0) is 43.7 Å². The second kappa shape index (κ2) is 6.29. The van der Waals surface area contributed by atoms with Crippen LogP contribution in [-0.2, 0) is 6.42 Å². The highest BCUT2D eigenvalue weighted by Crippen LogP contribution is 2.31. The predicted molar refractivity (Wildman–Crippen MR) is 84.0 cm³/mol. The highest BCUT2D eigenvalue weighted by Gasteiger charge is 2.36. The highest BCUT2D eigenvalue weighted by molar-refractivity contribution is 5.90. The van der Waals surface area contributed by atoms with Gasteiger partial charge in [0.25, 0.3) is 0 Å². The average Bonchev–Trinajstić information content (AvgIpc) is 3.24. The van der Waals surface area contributed by atoms with Crippen LogP contribution in [0.25, 0.3) is 0 Å². The summed E-state index contributed by atoms with van der Waals surface area (Å²) >= 11 is 0. The number of carbonyl (C=O) groups excluding carboxylic acids is 1. The van der Waals surface area contributed by atoms with Crippen LogP contribution in [0.2, 0.25) is 0 Å². The first-order chi connectivity index (χ1) is 9.54. The number of benzene rings is 1. The molecule has 20 heavy (non-hydrogen) atoms. The van der Waals surface area contributed by atoms with Crippen LogP contribution in [0.1, 0.15) is 46.1 Å². The number of hydrogen-bond acceptors (Lipinski definition) is 1. The molecule has 110 valence electrons. The number of para-hydroxylation sites is 1. The summed E-state index contributed by atoms with van der Waals surface area (Å²) in [4.78, 5) is 14.7. The number of hydrogen-bond donors (Lipinski definition) is 1. The third kappa shape index (κ3) is 3.33. The zero-order valence-electron chi connectivity index (χ0n) is 13.0. The van der Waals surface area contributed by atoms with Gasteiger partial charge in [-0.1, -0.05) is 39.0 Å².